The highest BCUT2D eigenvalue weighted by Crippen LogP contribution is 2.19. The minimum atomic E-state index is -0.371. The van der Waals surface area contributed by atoms with Crippen LogP contribution in [-0.4, -0.2) is 29.9 Å². The van der Waals surface area contributed by atoms with Gasteiger partial charge in [-0.2, -0.15) is 0 Å². The number of unbranched alkanes of at least 4 members (excludes halogenated alkanes) is 13. The number of nitrogens with zero attached hydrogens (tertiary/aromatic N) is 2. The van der Waals surface area contributed by atoms with Crippen molar-refractivity contribution in [1.82, 2.24) is 4.90 Å². The SMILES string of the molecule is CCCCCCCCCCCCCCCCOc1ccc(OCC(=O)N(Cc2cccc[n+]2C)C(C)=O)cc1.[I-]. The van der Waals surface area contributed by atoms with E-state index in [2.05, 4.69) is 6.92 Å². The van der Waals surface area contributed by atoms with Gasteiger partial charge in [0.1, 0.15) is 25.1 Å². The molecule has 40 heavy (non-hydrogen) atoms. The van der Waals surface area contributed by atoms with E-state index >= 15 is 0 Å². The van der Waals surface area contributed by atoms with Crippen molar-refractivity contribution in [2.45, 2.75) is 110 Å². The van der Waals surface area contributed by atoms with E-state index in [0.29, 0.717) is 12.4 Å². The number of benzene rings is 1. The van der Waals surface area contributed by atoms with Crippen LogP contribution in [0.3, 0.4) is 0 Å². The quantitative estimate of drug-likeness (QED) is 0.113. The third kappa shape index (κ3) is 15.6. The van der Waals surface area contributed by atoms with Crippen molar-refractivity contribution in [2.75, 3.05) is 13.2 Å². The molecule has 0 fully saturated rings. The summed E-state index contributed by atoms with van der Waals surface area (Å²) in [6, 6.07) is 13.0. The van der Waals surface area contributed by atoms with Crippen molar-refractivity contribution in [3.63, 3.8) is 0 Å². The van der Waals surface area contributed by atoms with Gasteiger partial charge in [-0.15, -0.1) is 0 Å². The Balaban J connectivity index is 0.00000800. The summed E-state index contributed by atoms with van der Waals surface area (Å²) in [5, 5.41) is 0. The van der Waals surface area contributed by atoms with Gasteiger partial charge in [-0.05, 0) is 30.7 Å². The summed E-state index contributed by atoms with van der Waals surface area (Å²) in [4.78, 5) is 25.9. The first kappa shape index (κ1) is 35.9. The number of amides is 2. The molecule has 0 N–H and O–H groups in total. The Morgan fingerprint density at radius 2 is 1.23 bits per heavy atom. The van der Waals surface area contributed by atoms with Crippen LogP contribution < -0.4 is 38.0 Å². The van der Waals surface area contributed by atoms with Gasteiger partial charge in [-0.25, -0.2) is 4.57 Å². The van der Waals surface area contributed by atoms with E-state index in [1.807, 2.05) is 48.1 Å². The lowest BCUT2D eigenvalue weighted by Gasteiger charge is -2.18. The topological polar surface area (TPSA) is 59.7 Å². The standard InChI is InChI=1S/C33H51N2O4.HI/c1-4-5-6-7-8-9-10-11-12-13-14-15-16-19-26-38-31-21-23-32(24-22-31)39-28-33(37)35(29(2)36)27-30-20-17-18-25-34(30)3;/h17-18,20-25H,4-16,19,26-28H2,1-3H3;1H/q+1;/p-1. The van der Waals surface area contributed by atoms with E-state index in [1.54, 1.807) is 12.1 Å². The Kier molecular flexibility index (Phi) is 20.2. The van der Waals surface area contributed by atoms with Crippen molar-refractivity contribution in [1.29, 1.82) is 0 Å². The van der Waals surface area contributed by atoms with Gasteiger partial charge in [0.15, 0.2) is 12.8 Å². The number of carbonyl (C=O) groups excluding carboxylic acids is 2. The molecule has 1 heterocycles. The minimum Gasteiger partial charge on any atom is -1.00 e. The second-order valence-corrected chi connectivity index (χ2v) is 10.5. The molecule has 1 aromatic heterocycles. The van der Waals surface area contributed by atoms with E-state index < -0.39 is 0 Å². The van der Waals surface area contributed by atoms with Crippen LogP contribution in [0.4, 0.5) is 0 Å². The highest BCUT2D eigenvalue weighted by Gasteiger charge is 2.22. The van der Waals surface area contributed by atoms with Crippen LogP contribution in [0.15, 0.2) is 48.7 Å². The fourth-order valence-corrected chi connectivity index (χ4v) is 4.60. The molecule has 2 rings (SSSR count). The molecular weight excluding hydrogens is 615 g/mol. The lowest BCUT2D eigenvalue weighted by molar-refractivity contribution is -0.679. The average molecular weight is 667 g/mol. The number of halogens is 1. The van der Waals surface area contributed by atoms with Crippen LogP contribution in [0.1, 0.15) is 109 Å². The first-order valence-corrected chi connectivity index (χ1v) is 15.1. The van der Waals surface area contributed by atoms with E-state index in [1.165, 1.54) is 95.3 Å². The third-order valence-electron chi connectivity index (χ3n) is 7.12. The van der Waals surface area contributed by atoms with Crippen LogP contribution >= 0.6 is 0 Å². The van der Waals surface area contributed by atoms with E-state index in [-0.39, 0.29) is 48.9 Å². The number of hydrogen-bond donors (Lipinski definition) is 0. The highest BCUT2D eigenvalue weighted by atomic mass is 127. The van der Waals surface area contributed by atoms with Crippen LogP contribution in [0.25, 0.3) is 0 Å². The molecule has 6 nitrogen and oxygen atoms in total. The second kappa shape index (κ2) is 22.5. The van der Waals surface area contributed by atoms with Crippen molar-refractivity contribution in [3.05, 3.63) is 54.4 Å². The maximum Gasteiger partial charge on any atom is 0.267 e. The molecule has 0 bridgehead atoms. The lowest BCUT2D eigenvalue weighted by Crippen LogP contribution is -3.00. The Morgan fingerprint density at radius 1 is 0.725 bits per heavy atom. The molecule has 0 radical (unpaired) electrons. The molecule has 0 atom stereocenters. The fourth-order valence-electron chi connectivity index (χ4n) is 4.60. The zero-order valence-electron chi connectivity index (χ0n) is 25.0. The number of aromatic nitrogens is 1. The van der Waals surface area contributed by atoms with Crippen LogP contribution in [-0.2, 0) is 23.2 Å². The molecule has 1 aromatic carbocycles. The molecule has 7 heteroatoms. The first-order chi connectivity index (χ1) is 19.0. The molecule has 0 unspecified atom stereocenters. The summed E-state index contributed by atoms with van der Waals surface area (Å²) in [6.45, 7) is 4.39. The maximum absolute atomic E-state index is 12.7. The predicted octanol–water partition coefficient (Wildman–Crippen LogP) is 4.33. The molecule has 0 aliphatic carbocycles. The number of ether oxygens (including phenoxy) is 2. The zero-order valence-corrected chi connectivity index (χ0v) is 27.2. The maximum atomic E-state index is 12.7. The van der Waals surface area contributed by atoms with Crippen molar-refractivity contribution >= 4 is 11.8 Å². The van der Waals surface area contributed by atoms with E-state index in [0.717, 1.165) is 17.9 Å². The third-order valence-corrected chi connectivity index (χ3v) is 7.12. The molecule has 0 saturated carbocycles. The van der Waals surface area contributed by atoms with Gasteiger partial charge >= 0.3 is 0 Å². The van der Waals surface area contributed by atoms with Gasteiger partial charge in [-0.1, -0.05) is 96.5 Å². The van der Waals surface area contributed by atoms with Gasteiger partial charge in [-0.3, -0.25) is 14.5 Å². The average Bonchev–Trinajstić information content (AvgIpc) is 2.94. The predicted molar refractivity (Wildman–Crippen MR) is 157 cm³/mol. The monoisotopic (exact) mass is 666 g/mol. The van der Waals surface area contributed by atoms with Crippen LogP contribution in [0.5, 0.6) is 11.5 Å². The summed E-state index contributed by atoms with van der Waals surface area (Å²) in [7, 11) is 1.89. The van der Waals surface area contributed by atoms with Gasteiger partial charge in [0.25, 0.3) is 5.91 Å². The molecule has 224 valence electrons. The summed E-state index contributed by atoms with van der Waals surface area (Å²) in [5.41, 5.74) is 0.862. The normalized spacial score (nSPS) is 10.6. The van der Waals surface area contributed by atoms with Gasteiger partial charge in [0.2, 0.25) is 11.6 Å². The Labute approximate surface area is 259 Å². The summed E-state index contributed by atoms with van der Waals surface area (Å²) in [5.74, 6) is 0.690. The lowest BCUT2D eigenvalue weighted by atomic mass is 10.0. The molecular formula is C33H51IN2O4. The largest absolute Gasteiger partial charge is 1.00 e. The number of aryl methyl sites for hydroxylation is 1. The first-order valence-electron chi connectivity index (χ1n) is 15.1. The Hall–Kier alpha value is -2.16. The molecule has 2 amide bonds. The summed E-state index contributed by atoms with van der Waals surface area (Å²) >= 11 is 0. The smallest absolute Gasteiger partial charge is 0.267 e. The van der Waals surface area contributed by atoms with Gasteiger partial charge in [0, 0.05) is 19.1 Å². The molecule has 0 spiro atoms. The zero-order chi connectivity index (χ0) is 28.1. The number of rotatable bonds is 21. The summed E-state index contributed by atoms with van der Waals surface area (Å²) in [6.07, 6.45) is 20.7. The summed E-state index contributed by atoms with van der Waals surface area (Å²) < 4.78 is 13.4. The number of carbonyl (C=O) groups is 2. The number of pyridine rings is 1. The van der Waals surface area contributed by atoms with E-state index in [9.17, 15) is 9.59 Å². The van der Waals surface area contributed by atoms with Gasteiger partial charge in [0.05, 0.1) is 6.61 Å². The fraction of sp³-hybridized carbons (Fsp3) is 0.606. The van der Waals surface area contributed by atoms with E-state index in [4.69, 9.17) is 9.47 Å². The van der Waals surface area contributed by atoms with Crippen molar-refractivity contribution in [3.8, 4) is 11.5 Å². The van der Waals surface area contributed by atoms with Crippen LogP contribution in [0.2, 0.25) is 0 Å². The highest BCUT2D eigenvalue weighted by molar-refractivity contribution is 5.94. The number of imide groups is 1. The van der Waals surface area contributed by atoms with Gasteiger partial charge < -0.3 is 33.5 Å². The Morgan fingerprint density at radius 3 is 1.73 bits per heavy atom. The Bertz CT molecular complexity index is 952. The molecule has 0 aliphatic rings. The second-order valence-electron chi connectivity index (χ2n) is 10.5. The number of hydrogen-bond acceptors (Lipinski definition) is 4. The molecule has 2 aromatic rings. The molecule has 0 saturated heterocycles. The van der Waals surface area contributed by atoms with Crippen molar-refractivity contribution < 1.29 is 47.6 Å². The van der Waals surface area contributed by atoms with Crippen molar-refractivity contribution in [2.24, 2.45) is 7.05 Å². The minimum absolute atomic E-state index is 0. The van der Waals surface area contributed by atoms with Crippen LogP contribution in [0, 0.1) is 0 Å². The molecule has 0 aliphatic heterocycles.